The summed E-state index contributed by atoms with van der Waals surface area (Å²) >= 11 is 0. The van der Waals surface area contributed by atoms with Gasteiger partial charge < -0.3 is 15.0 Å². The summed E-state index contributed by atoms with van der Waals surface area (Å²) in [4.78, 5) is 13.9. The summed E-state index contributed by atoms with van der Waals surface area (Å²) in [5, 5.41) is 7.38. The maximum atomic E-state index is 12.3. The molecule has 1 saturated heterocycles. The molecule has 2 heterocycles. The number of hydrogen-bond acceptors (Lipinski definition) is 3. The number of nitrogens with one attached hydrogen (secondary N) is 2. The zero-order valence-corrected chi connectivity index (χ0v) is 17.7. The fourth-order valence-corrected chi connectivity index (χ4v) is 3.74. The number of quaternary nitrogens is 1. The van der Waals surface area contributed by atoms with Crippen molar-refractivity contribution in [1.82, 2.24) is 15.1 Å². The Hall–Kier alpha value is -3.22. The fourth-order valence-electron chi connectivity index (χ4n) is 3.74. The van der Waals surface area contributed by atoms with Crippen LogP contribution in [0.15, 0.2) is 73.1 Å². The first-order valence-electron chi connectivity index (χ1n) is 10.8. The first-order chi connectivity index (χ1) is 15.3. The van der Waals surface area contributed by atoms with Crippen LogP contribution in [0.1, 0.15) is 22.3 Å². The van der Waals surface area contributed by atoms with Gasteiger partial charge in [0.15, 0.2) is 0 Å². The first kappa shape index (κ1) is 21.0. The number of ether oxygens (including phenoxy) is 1. The number of nitrogens with zero attached hydrogens (tertiary/aromatic N) is 2. The lowest BCUT2D eigenvalue weighted by molar-refractivity contribution is -0.921. The van der Waals surface area contributed by atoms with Crippen LogP contribution in [-0.2, 0) is 29.2 Å². The van der Waals surface area contributed by atoms with Crippen LogP contribution < -0.4 is 10.2 Å². The average molecular weight is 418 g/mol. The van der Waals surface area contributed by atoms with Gasteiger partial charge in [-0.05, 0) is 17.2 Å². The molecule has 0 saturated carbocycles. The quantitative estimate of drug-likeness (QED) is 0.548. The molecule has 160 valence electrons. The molecule has 1 aliphatic heterocycles. The molecule has 0 unspecified atom stereocenters. The Morgan fingerprint density at radius 1 is 1.06 bits per heavy atom. The Morgan fingerprint density at radius 2 is 1.81 bits per heavy atom. The minimum atomic E-state index is -0.107. The van der Waals surface area contributed by atoms with Gasteiger partial charge in [0.25, 0.3) is 0 Å². The number of carbonyl (C=O) groups is 1. The van der Waals surface area contributed by atoms with E-state index < -0.39 is 0 Å². The van der Waals surface area contributed by atoms with Gasteiger partial charge in [0.05, 0.1) is 26.0 Å². The predicted octanol–water partition coefficient (Wildman–Crippen LogP) is 1.68. The lowest BCUT2D eigenvalue weighted by Crippen LogP contribution is -3.12. The van der Waals surface area contributed by atoms with Crippen molar-refractivity contribution in [1.29, 1.82) is 0 Å². The van der Waals surface area contributed by atoms with Gasteiger partial charge >= 0.3 is 0 Å². The number of rotatable bonds is 8. The number of morpholine rings is 1. The van der Waals surface area contributed by atoms with E-state index in [1.54, 1.807) is 18.3 Å². The minimum Gasteiger partial charge on any atom is -0.370 e. The molecular weight excluding hydrogens is 388 g/mol. The van der Waals surface area contributed by atoms with Crippen LogP contribution in [0.25, 0.3) is 6.08 Å². The maximum Gasteiger partial charge on any atom is 0.244 e. The highest BCUT2D eigenvalue weighted by Gasteiger charge is 2.16. The SMILES string of the molecule is O=C(/C=C/c1cnn(Cc2ccccc2)c1)NCc1ccccc1C[NH+]1CCOCC1. The van der Waals surface area contributed by atoms with E-state index in [0.717, 1.165) is 38.4 Å². The number of benzene rings is 2. The van der Waals surface area contributed by atoms with Crippen molar-refractivity contribution in [3.63, 3.8) is 0 Å². The van der Waals surface area contributed by atoms with Gasteiger partial charge in [-0.1, -0.05) is 54.6 Å². The third-order valence-electron chi connectivity index (χ3n) is 5.48. The Morgan fingerprint density at radius 3 is 2.61 bits per heavy atom. The molecule has 1 aliphatic rings. The molecule has 2 N–H and O–H groups in total. The van der Waals surface area contributed by atoms with Crippen molar-refractivity contribution in [2.24, 2.45) is 0 Å². The smallest absolute Gasteiger partial charge is 0.244 e. The summed E-state index contributed by atoms with van der Waals surface area (Å²) < 4.78 is 7.32. The van der Waals surface area contributed by atoms with Crippen LogP contribution in [0.3, 0.4) is 0 Å². The Kier molecular flexibility index (Phi) is 7.26. The highest BCUT2D eigenvalue weighted by Crippen LogP contribution is 2.08. The maximum absolute atomic E-state index is 12.3. The van der Waals surface area contributed by atoms with Crippen molar-refractivity contribution in [2.45, 2.75) is 19.6 Å². The number of carbonyl (C=O) groups excluding carboxylic acids is 1. The summed E-state index contributed by atoms with van der Waals surface area (Å²) in [5.41, 5.74) is 4.55. The molecule has 1 amide bonds. The van der Waals surface area contributed by atoms with Crippen molar-refractivity contribution in [3.05, 3.63) is 95.3 Å². The predicted molar refractivity (Wildman–Crippen MR) is 120 cm³/mol. The lowest BCUT2D eigenvalue weighted by Gasteiger charge is -2.24. The van der Waals surface area contributed by atoms with Crippen molar-refractivity contribution in [2.75, 3.05) is 26.3 Å². The zero-order chi connectivity index (χ0) is 21.3. The van der Waals surface area contributed by atoms with E-state index in [2.05, 4.69) is 40.7 Å². The van der Waals surface area contributed by atoms with Gasteiger partial charge in [-0.2, -0.15) is 5.10 Å². The van der Waals surface area contributed by atoms with Gasteiger partial charge in [-0.25, -0.2) is 0 Å². The van der Waals surface area contributed by atoms with E-state index in [1.807, 2.05) is 35.1 Å². The molecule has 2 aromatic carbocycles. The molecule has 0 bridgehead atoms. The standard InChI is InChI=1S/C25H28N4O2/c30-25(11-10-22-16-27-29(19-22)18-21-6-2-1-3-7-21)26-17-23-8-4-5-9-24(23)20-28-12-14-31-15-13-28/h1-11,16,19H,12-15,17-18,20H2,(H,26,30)/p+1/b11-10+. The van der Waals surface area contributed by atoms with Gasteiger partial charge in [-0.15, -0.1) is 0 Å². The molecule has 1 fully saturated rings. The molecule has 0 spiro atoms. The molecule has 4 rings (SSSR count). The Labute approximate surface area is 183 Å². The average Bonchev–Trinajstić information content (AvgIpc) is 3.26. The van der Waals surface area contributed by atoms with E-state index in [-0.39, 0.29) is 5.91 Å². The van der Waals surface area contributed by atoms with Crippen LogP contribution in [0.5, 0.6) is 0 Å². The van der Waals surface area contributed by atoms with E-state index in [0.29, 0.717) is 13.1 Å². The molecular formula is C25H29N4O2+. The summed E-state index contributed by atoms with van der Waals surface area (Å²) in [6.07, 6.45) is 7.08. The van der Waals surface area contributed by atoms with Crippen LogP contribution in [0, 0.1) is 0 Å². The largest absolute Gasteiger partial charge is 0.370 e. The van der Waals surface area contributed by atoms with E-state index in [9.17, 15) is 4.79 Å². The third kappa shape index (κ3) is 6.38. The molecule has 1 aromatic heterocycles. The summed E-state index contributed by atoms with van der Waals surface area (Å²) in [5.74, 6) is -0.107. The molecule has 6 heteroatoms. The molecule has 3 aromatic rings. The van der Waals surface area contributed by atoms with Crippen LogP contribution in [0.4, 0.5) is 0 Å². The van der Waals surface area contributed by atoms with Gasteiger partial charge in [0.2, 0.25) is 5.91 Å². The van der Waals surface area contributed by atoms with Crippen LogP contribution in [0.2, 0.25) is 0 Å². The third-order valence-corrected chi connectivity index (χ3v) is 5.48. The Balaban J connectivity index is 1.29. The van der Waals surface area contributed by atoms with Gasteiger partial charge in [-0.3, -0.25) is 9.48 Å². The van der Waals surface area contributed by atoms with Crippen molar-refractivity contribution >= 4 is 12.0 Å². The van der Waals surface area contributed by atoms with E-state index in [1.165, 1.54) is 21.6 Å². The normalized spacial score (nSPS) is 14.7. The zero-order valence-electron chi connectivity index (χ0n) is 17.7. The first-order valence-corrected chi connectivity index (χ1v) is 10.8. The second kappa shape index (κ2) is 10.7. The fraction of sp³-hybridized carbons (Fsp3) is 0.280. The highest BCUT2D eigenvalue weighted by molar-refractivity contribution is 5.91. The number of aromatic nitrogens is 2. The van der Waals surface area contributed by atoms with Gasteiger partial charge in [0.1, 0.15) is 19.6 Å². The van der Waals surface area contributed by atoms with E-state index in [4.69, 9.17) is 4.74 Å². The topological polar surface area (TPSA) is 60.6 Å². The monoisotopic (exact) mass is 417 g/mol. The molecule has 0 atom stereocenters. The summed E-state index contributed by atoms with van der Waals surface area (Å²) in [6.45, 7) is 5.90. The molecule has 0 aliphatic carbocycles. The Bertz CT molecular complexity index is 1010. The van der Waals surface area contributed by atoms with Crippen molar-refractivity contribution < 1.29 is 14.4 Å². The van der Waals surface area contributed by atoms with Crippen LogP contribution >= 0.6 is 0 Å². The number of hydrogen-bond donors (Lipinski definition) is 2. The highest BCUT2D eigenvalue weighted by atomic mass is 16.5. The summed E-state index contributed by atoms with van der Waals surface area (Å²) in [6, 6.07) is 18.5. The summed E-state index contributed by atoms with van der Waals surface area (Å²) in [7, 11) is 0. The molecule has 0 radical (unpaired) electrons. The van der Waals surface area contributed by atoms with Crippen molar-refractivity contribution in [3.8, 4) is 0 Å². The molecule has 31 heavy (non-hydrogen) atoms. The lowest BCUT2D eigenvalue weighted by atomic mass is 10.1. The van der Waals surface area contributed by atoms with Crippen LogP contribution in [-0.4, -0.2) is 42.0 Å². The molecule has 6 nitrogen and oxygen atoms in total. The van der Waals surface area contributed by atoms with E-state index >= 15 is 0 Å². The number of amides is 1. The van der Waals surface area contributed by atoms with Gasteiger partial charge in [0, 0.05) is 29.9 Å². The second-order valence-corrected chi connectivity index (χ2v) is 7.82. The second-order valence-electron chi connectivity index (χ2n) is 7.82. The minimum absolute atomic E-state index is 0.107.